The first-order valence-corrected chi connectivity index (χ1v) is 7.64. The molecule has 0 fully saturated rings. The summed E-state index contributed by atoms with van der Waals surface area (Å²) in [6.45, 7) is 1.53. The van der Waals surface area contributed by atoms with E-state index in [-0.39, 0.29) is 16.1 Å². The van der Waals surface area contributed by atoms with E-state index in [1.165, 1.54) is 19.1 Å². The Morgan fingerprint density at radius 2 is 1.46 bits per heavy atom. The molecule has 0 bridgehead atoms. The van der Waals surface area contributed by atoms with Crippen molar-refractivity contribution in [3.8, 4) is 11.5 Å². The molecular formula is C14H10BrClN2O6. The zero-order valence-electron chi connectivity index (χ0n) is 12.1. The number of nitro benzene ring substituents is 2. The molecule has 0 spiro atoms. The van der Waals surface area contributed by atoms with Crippen LogP contribution in [0.1, 0.15) is 24.0 Å². The van der Waals surface area contributed by atoms with Crippen LogP contribution in [0.2, 0.25) is 5.02 Å². The van der Waals surface area contributed by atoms with Crippen molar-refractivity contribution in [2.45, 2.75) is 12.8 Å². The summed E-state index contributed by atoms with van der Waals surface area (Å²) in [5.41, 5.74) is -0.935. The van der Waals surface area contributed by atoms with E-state index in [4.69, 9.17) is 11.6 Å². The minimum absolute atomic E-state index is 0.0188. The molecule has 0 heterocycles. The average molecular weight is 418 g/mol. The van der Waals surface area contributed by atoms with Crippen LogP contribution in [0.5, 0.6) is 11.5 Å². The average Bonchev–Trinajstić information content (AvgIpc) is 2.49. The highest BCUT2D eigenvalue weighted by atomic mass is 79.9. The highest BCUT2D eigenvalue weighted by molar-refractivity contribution is 9.10. The summed E-state index contributed by atoms with van der Waals surface area (Å²) in [5.74, 6) is -1.99. The molecule has 0 aliphatic heterocycles. The summed E-state index contributed by atoms with van der Waals surface area (Å²) in [6.07, 6.45) is 0. The Balaban J connectivity index is 2.68. The predicted octanol–water partition coefficient (Wildman–Crippen LogP) is 4.48. The highest BCUT2D eigenvalue weighted by Gasteiger charge is 2.27. The van der Waals surface area contributed by atoms with Crippen molar-refractivity contribution in [3.05, 3.63) is 65.1 Å². The van der Waals surface area contributed by atoms with Gasteiger partial charge >= 0.3 is 11.4 Å². The summed E-state index contributed by atoms with van der Waals surface area (Å²) in [7, 11) is 0. The molecule has 2 rings (SSSR count). The minimum atomic E-state index is -0.793. The van der Waals surface area contributed by atoms with Gasteiger partial charge in [-0.3, -0.25) is 20.2 Å². The predicted molar refractivity (Wildman–Crippen MR) is 89.7 cm³/mol. The monoisotopic (exact) mass is 416 g/mol. The van der Waals surface area contributed by atoms with Gasteiger partial charge in [0.25, 0.3) is 0 Å². The summed E-state index contributed by atoms with van der Waals surface area (Å²) in [4.78, 5) is 20.5. The number of aromatic hydroxyl groups is 2. The summed E-state index contributed by atoms with van der Waals surface area (Å²) >= 11 is 8.97. The molecule has 8 nitrogen and oxygen atoms in total. The Morgan fingerprint density at radius 3 is 1.96 bits per heavy atom. The lowest BCUT2D eigenvalue weighted by molar-refractivity contribution is -0.386. The fourth-order valence-electron chi connectivity index (χ4n) is 2.32. The molecule has 0 saturated heterocycles. The van der Waals surface area contributed by atoms with Crippen LogP contribution in [0.25, 0.3) is 0 Å². The standard InChI is InChI=1S/C14H10BrClN2O6/c1-6(9-2-7(15)3-11(13(9)19)17(21)22)10-4-8(16)5-12(14(10)20)18(23)24/h2-6,19-20H,1H3. The van der Waals surface area contributed by atoms with Crippen molar-refractivity contribution < 1.29 is 20.1 Å². The van der Waals surface area contributed by atoms with Gasteiger partial charge in [0.2, 0.25) is 0 Å². The lowest BCUT2D eigenvalue weighted by atomic mass is 9.91. The molecule has 2 aromatic carbocycles. The second-order valence-electron chi connectivity index (χ2n) is 4.96. The molecule has 0 radical (unpaired) electrons. The van der Waals surface area contributed by atoms with Crippen LogP contribution >= 0.6 is 27.5 Å². The maximum Gasteiger partial charge on any atom is 0.312 e. The zero-order chi connectivity index (χ0) is 18.2. The van der Waals surface area contributed by atoms with Crippen molar-refractivity contribution in [1.82, 2.24) is 0 Å². The third kappa shape index (κ3) is 3.26. The van der Waals surface area contributed by atoms with Crippen LogP contribution in [-0.4, -0.2) is 20.1 Å². The van der Waals surface area contributed by atoms with Crippen molar-refractivity contribution in [3.63, 3.8) is 0 Å². The molecular weight excluding hydrogens is 408 g/mol. The van der Waals surface area contributed by atoms with E-state index in [9.17, 15) is 30.4 Å². The molecule has 10 heteroatoms. The summed E-state index contributed by atoms with van der Waals surface area (Å²) < 4.78 is 0.338. The van der Waals surface area contributed by atoms with Crippen molar-refractivity contribution in [2.75, 3.05) is 0 Å². The van der Waals surface area contributed by atoms with Crippen LogP contribution in [-0.2, 0) is 0 Å². The number of hydrogen-bond donors (Lipinski definition) is 2. The lowest BCUT2D eigenvalue weighted by Gasteiger charge is -2.16. The van der Waals surface area contributed by atoms with Gasteiger partial charge in [0, 0.05) is 38.7 Å². The molecule has 0 amide bonds. The lowest BCUT2D eigenvalue weighted by Crippen LogP contribution is -2.02. The van der Waals surface area contributed by atoms with Crippen LogP contribution in [0.15, 0.2) is 28.7 Å². The number of hydrogen-bond acceptors (Lipinski definition) is 6. The quantitative estimate of drug-likeness (QED) is 0.557. The largest absolute Gasteiger partial charge is 0.502 e. The molecule has 2 aromatic rings. The van der Waals surface area contributed by atoms with Gasteiger partial charge in [-0.1, -0.05) is 34.5 Å². The molecule has 2 N–H and O–H groups in total. The Hall–Kier alpha value is -2.39. The molecule has 0 aromatic heterocycles. The number of phenolic OH excluding ortho intramolecular Hbond substituents is 2. The second-order valence-corrected chi connectivity index (χ2v) is 6.31. The van der Waals surface area contributed by atoms with Gasteiger partial charge in [0.1, 0.15) is 0 Å². The van der Waals surface area contributed by atoms with E-state index in [1.54, 1.807) is 0 Å². The molecule has 126 valence electrons. The first-order valence-electron chi connectivity index (χ1n) is 6.47. The Kier molecular flexibility index (Phi) is 4.95. The molecule has 0 aliphatic rings. The van der Waals surface area contributed by atoms with Crippen LogP contribution in [0, 0.1) is 20.2 Å². The third-order valence-corrected chi connectivity index (χ3v) is 4.17. The Bertz CT molecular complexity index is 788. The van der Waals surface area contributed by atoms with Crippen LogP contribution < -0.4 is 0 Å². The van der Waals surface area contributed by atoms with Gasteiger partial charge in [-0.25, -0.2) is 0 Å². The molecule has 1 unspecified atom stereocenters. The van der Waals surface area contributed by atoms with E-state index >= 15 is 0 Å². The number of phenols is 2. The van der Waals surface area contributed by atoms with Gasteiger partial charge < -0.3 is 10.2 Å². The van der Waals surface area contributed by atoms with E-state index in [0.717, 1.165) is 12.1 Å². The Morgan fingerprint density at radius 1 is 1.00 bits per heavy atom. The molecule has 1 atom stereocenters. The maximum atomic E-state index is 11.0. The van der Waals surface area contributed by atoms with Crippen molar-refractivity contribution in [2.24, 2.45) is 0 Å². The van der Waals surface area contributed by atoms with Gasteiger partial charge in [-0.05, 0) is 12.1 Å². The highest BCUT2D eigenvalue weighted by Crippen LogP contribution is 2.44. The van der Waals surface area contributed by atoms with Crippen LogP contribution in [0.4, 0.5) is 11.4 Å². The zero-order valence-corrected chi connectivity index (χ0v) is 14.4. The molecule has 0 aliphatic carbocycles. The topological polar surface area (TPSA) is 127 Å². The number of rotatable bonds is 4. The fourth-order valence-corrected chi connectivity index (χ4v) is 3.00. The summed E-state index contributed by atoms with van der Waals surface area (Å²) in [6, 6.07) is 4.86. The smallest absolute Gasteiger partial charge is 0.312 e. The van der Waals surface area contributed by atoms with E-state index in [0.29, 0.717) is 4.47 Å². The number of benzene rings is 2. The molecule has 24 heavy (non-hydrogen) atoms. The van der Waals surface area contributed by atoms with Crippen molar-refractivity contribution in [1.29, 1.82) is 0 Å². The normalized spacial score (nSPS) is 12.0. The van der Waals surface area contributed by atoms with E-state index in [2.05, 4.69) is 15.9 Å². The van der Waals surface area contributed by atoms with Gasteiger partial charge in [0.05, 0.1) is 9.85 Å². The number of nitrogens with zero attached hydrogens (tertiary/aromatic N) is 2. The van der Waals surface area contributed by atoms with E-state index in [1.807, 2.05) is 0 Å². The fraction of sp³-hybridized carbons (Fsp3) is 0.143. The number of nitro groups is 2. The van der Waals surface area contributed by atoms with Gasteiger partial charge in [0.15, 0.2) is 11.5 Å². The first kappa shape index (κ1) is 18.0. The molecule has 0 saturated carbocycles. The number of halogens is 2. The maximum absolute atomic E-state index is 11.0. The minimum Gasteiger partial charge on any atom is -0.502 e. The van der Waals surface area contributed by atoms with E-state index < -0.39 is 38.6 Å². The third-order valence-electron chi connectivity index (χ3n) is 3.49. The van der Waals surface area contributed by atoms with Crippen LogP contribution in [0.3, 0.4) is 0 Å². The van der Waals surface area contributed by atoms with Gasteiger partial charge in [-0.15, -0.1) is 0 Å². The second kappa shape index (κ2) is 6.62. The SMILES string of the molecule is CC(c1cc(Cl)cc([N+](=O)[O-])c1O)c1cc(Br)cc([N+](=O)[O-])c1O. The van der Waals surface area contributed by atoms with Crippen molar-refractivity contribution >= 4 is 38.9 Å². The van der Waals surface area contributed by atoms with Gasteiger partial charge in [-0.2, -0.15) is 0 Å². The Labute approximate surface area is 148 Å². The summed E-state index contributed by atoms with van der Waals surface area (Å²) in [5, 5.41) is 42.3. The first-order chi connectivity index (χ1) is 11.1.